The summed E-state index contributed by atoms with van der Waals surface area (Å²) < 4.78 is 52.0. The number of hydrogen-bond donors (Lipinski definition) is 0. The van der Waals surface area contributed by atoms with Gasteiger partial charge in [-0.3, -0.25) is 4.79 Å². The van der Waals surface area contributed by atoms with E-state index in [-0.39, 0.29) is 30.9 Å². The van der Waals surface area contributed by atoms with Crippen molar-refractivity contribution in [3.05, 3.63) is 0 Å². The van der Waals surface area contributed by atoms with Crippen LogP contribution in [-0.2, 0) is 29.4 Å². The molecule has 1 atom stereocenters. The van der Waals surface area contributed by atoms with Crippen LogP contribution in [0, 0.1) is 0 Å². The quantitative estimate of drug-likeness (QED) is 0.604. The third kappa shape index (κ3) is 3.66. The van der Waals surface area contributed by atoms with Gasteiger partial charge in [0, 0.05) is 13.6 Å². The highest BCUT2D eigenvalue weighted by Crippen LogP contribution is 2.21. The number of hydrogen-bond acceptors (Lipinski definition) is 6. The number of esters is 1. The van der Waals surface area contributed by atoms with E-state index in [2.05, 4.69) is 4.74 Å². The van der Waals surface area contributed by atoms with Gasteiger partial charge in [-0.2, -0.15) is 0 Å². The molecular weight excluding hydrogens is 282 g/mol. The molecule has 0 saturated carbocycles. The zero-order chi connectivity index (χ0) is 14.0. The molecule has 0 amide bonds. The molecule has 0 bridgehead atoms. The molecule has 1 aliphatic rings. The molecule has 0 aromatic heterocycles. The Morgan fingerprint density at radius 2 is 2.06 bits per heavy atom. The highest BCUT2D eigenvalue weighted by molar-refractivity contribution is 7.95. The smallest absolute Gasteiger partial charge is 0.306 e. The predicted octanol–water partition coefficient (Wildman–Crippen LogP) is -1.00. The van der Waals surface area contributed by atoms with Gasteiger partial charge in [0.1, 0.15) is 0 Å². The van der Waals surface area contributed by atoms with Gasteiger partial charge >= 0.3 is 5.97 Å². The van der Waals surface area contributed by atoms with E-state index in [1.54, 1.807) is 0 Å². The summed E-state index contributed by atoms with van der Waals surface area (Å²) in [5.74, 6) is -0.935. The highest BCUT2D eigenvalue weighted by atomic mass is 32.2. The van der Waals surface area contributed by atoms with Gasteiger partial charge in [-0.25, -0.2) is 21.1 Å². The van der Waals surface area contributed by atoms with Crippen molar-refractivity contribution in [1.29, 1.82) is 0 Å². The third-order valence-corrected chi connectivity index (χ3v) is 7.18. The fraction of sp³-hybridized carbons (Fsp3) is 0.889. The molecule has 1 fully saturated rings. The van der Waals surface area contributed by atoms with Crippen LogP contribution in [0.25, 0.3) is 0 Å². The number of ether oxygens (including phenoxy) is 1. The first-order chi connectivity index (χ1) is 8.19. The van der Waals surface area contributed by atoms with Crippen LogP contribution in [0.1, 0.15) is 12.8 Å². The lowest BCUT2D eigenvalue weighted by molar-refractivity contribution is -0.140. The summed E-state index contributed by atoms with van der Waals surface area (Å²) in [5.41, 5.74) is 0. The fourth-order valence-electron chi connectivity index (χ4n) is 1.73. The van der Waals surface area contributed by atoms with Gasteiger partial charge in [0.25, 0.3) is 0 Å². The molecule has 0 aromatic rings. The minimum Gasteiger partial charge on any atom is -0.469 e. The lowest BCUT2D eigenvalue weighted by Crippen LogP contribution is -2.38. The summed E-state index contributed by atoms with van der Waals surface area (Å²) in [4.78, 5) is 10.9. The summed E-state index contributed by atoms with van der Waals surface area (Å²) in [5, 5.41) is -0.898. The maximum Gasteiger partial charge on any atom is 0.306 e. The van der Waals surface area contributed by atoms with Crippen LogP contribution in [0.15, 0.2) is 0 Å². The number of sulfonamides is 1. The topological polar surface area (TPSA) is 97.8 Å². The van der Waals surface area contributed by atoms with Crippen LogP contribution in [0.2, 0.25) is 0 Å². The van der Waals surface area contributed by atoms with E-state index < -0.39 is 31.1 Å². The minimum absolute atomic E-state index is 0.00838. The van der Waals surface area contributed by atoms with Crippen molar-refractivity contribution in [2.45, 2.75) is 18.1 Å². The molecule has 0 spiro atoms. The number of nitrogens with zero attached hydrogens (tertiary/aromatic N) is 1. The summed E-state index contributed by atoms with van der Waals surface area (Å²) in [7, 11) is -4.35. The molecule has 1 unspecified atom stereocenters. The molecule has 9 heteroatoms. The summed E-state index contributed by atoms with van der Waals surface area (Å²) in [6.07, 6.45) is 0.0684. The summed E-state index contributed by atoms with van der Waals surface area (Å²) in [6.45, 7) is -0.00838. The normalized spacial score (nSPS) is 23.2. The van der Waals surface area contributed by atoms with Crippen LogP contribution in [0.4, 0.5) is 0 Å². The van der Waals surface area contributed by atoms with Gasteiger partial charge in [-0.1, -0.05) is 0 Å². The third-order valence-electron chi connectivity index (χ3n) is 2.90. The lowest BCUT2D eigenvalue weighted by atomic mass is 10.4. The van der Waals surface area contributed by atoms with Gasteiger partial charge in [0.2, 0.25) is 10.0 Å². The second kappa shape index (κ2) is 5.54. The van der Waals surface area contributed by atoms with E-state index >= 15 is 0 Å². The molecule has 0 N–H and O–H groups in total. The van der Waals surface area contributed by atoms with Crippen LogP contribution in [0.5, 0.6) is 0 Å². The lowest BCUT2D eigenvalue weighted by Gasteiger charge is -2.20. The standard InChI is InChI=1S/C9H17NO6S2/c1-10(5-3-9(11)16-2)18(14,15)8-4-6-17(12,13)7-8/h8H,3-7H2,1-2H3. The van der Waals surface area contributed by atoms with Crippen molar-refractivity contribution in [3.8, 4) is 0 Å². The molecule has 1 aliphatic heterocycles. The minimum atomic E-state index is -3.67. The van der Waals surface area contributed by atoms with Crippen molar-refractivity contribution in [2.24, 2.45) is 0 Å². The molecule has 0 radical (unpaired) electrons. The van der Waals surface area contributed by atoms with Crippen molar-refractivity contribution in [3.63, 3.8) is 0 Å². The zero-order valence-corrected chi connectivity index (χ0v) is 12.0. The zero-order valence-electron chi connectivity index (χ0n) is 10.3. The molecule has 1 rings (SSSR count). The Hall–Kier alpha value is -0.670. The van der Waals surface area contributed by atoms with E-state index in [0.717, 1.165) is 4.31 Å². The van der Waals surface area contributed by atoms with Gasteiger partial charge < -0.3 is 4.74 Å². The maximum atomic E-state index is 12.0. The summed E-state index contributed by atoms with van der Waals surface area (Å²) in [6, 6.07) is 0. The Morgan fingerprint density at radius 1 is 1.44 bits per heavy atom. The second-order valence-electron chi connectivity index (χ2n) is 4.22. The summed E-state index contributed by atoms with van der Waals surface area (Å²) >= 11 is 0. The van der Waals surface area contributed by atoms with Crippen molar-refractivity contribution in [1.82, 2.24) is 4.31 Å². The first-order valence-electron chi connectivity index (χ1n) is 5.41. The SMILES string of the molecule is COC(=O)CCN(C)S(=O)(=O)C1CCS(=O)(=O)C1. The van der Waals surface area contributed by atoms with E-state index in [9.17, 15) is 21.6 Å². The van der Waals surface area contributed by atoms with Crippen LogP contribution in [-0.4, -0.2) is 64.6 Å². The van der Waals surface area contributed by atoms with E-state index in [4.69, 9.17) is 0 Å². The number of sulfone groups is 1. The van der Waals surface area contributed by atoms with Gasteiger partial charge in [-0.05, 0) is 6.42 Å². The van der Waals surface area contributed by atoms with E-state index in [0.29, 0.717) is 0 Å². The number of carbonyl (C=O) groups excluding carboxylic acids is 1. The average molecular weight is 299 g/mol. The Morgan fingerprint density at radius 3 is 2.50 bits per heavy atom. The van der Waals surface area contributed by atoms with Gasteiger partial charge in [0.05, 0.1) is 30.3 Å². The molecule has 0 aliphatic carbocycles. The largest absolute Gasteiger partial charge is 0.469 e. The molecule has 7 nitrogen and oxygen atoms in total. The predicted molar refractivity (Wildman–Crippen MR) is 65.2 cm³/mol. The Kier molecular flexibility index (Phi) is 4.73. The number of methoxy groups -OCH3 is 1. The average Bonchev–Trinajstić information content (AvgIpc) is 2.66. The first-order valence-corrected chi connectivity index (χ1v) is 8.74. The highest BCUT2D eigenvalue weighted by Gasteiger charge is 2.39. The maximum absolute atomic E-state index is 12.0. The molecule has 1 saturated heterocycles. The first kappa shape index (κ1) is 15.4. The number of carbonyl (C=O) groups is 1. The van der Waals surface area contributed by atoms with E-state index in [1.165, 1.54) is 14.2 Å². The van der Waals surface area contributed by atoms with Gasteiger partial charge in [-0.15, -0.1) is 0 Å². The Bertz CT molecular complexity index is 509. The molecule has 0 aromatic carbocycles. The molecule has 1 heterocycles. The van der Waals surface area contributed by atoms with Crippen molar-refractivity contribution >= 4 is 25.8 Å². The van der Waals surface area contributed by atoms with Gasteiger partial charge in [0.15, 0.2) is 9.84 Å². The Labute approximate surface area is 107 Å². The monoisotopic (exact) mass is 299 g/mol. The van der Waals surface area contributed by atoms with Crippen LogP contribution in [0.3, 0.4) is 0 Å². The second-order valence-corrected chi connectivity index (χ2v) is 8.77. The van der Waals surface area contributed by atoms with Crippen LogP contribution < -0.4 is 0 Å². The Balaban J connectivity index is 2.67. The van der Waals surface area contributed by atoms with E-state index in [1.807, 2.05) is 0 Å². The molecule has 18 heavy (non-hydrogen) atoms. The fourth-order valence-corrected chi connectivity index (χ4v) is 6.00. The molecule has 106 valence electrons. The van der Waals surface area contributed by atoms with Crippen molar-refractivity contribution < 1.29 is 26.4 Å². The van der Waals surface area contributed by atoms with Crippen molar-refractivity contribution in [2.75, 3.05) is 32.2 Å². The number of rotatable bonds is 5. The van der Waals surface area contributed by atoms with Crippen LogP contribution >= 0.6 is 0 Å². The molecular formula is C9H17NO6S2.